The lowest BCUT2D eigenvalue weighted by molar-refractivity contribution is -0.752. The summed E-state index contributed by atoms with van der Waals surface area (Å²) in [6, 6.07) is 3.66. The Morgan fingerprint density at radius 3 is 2.31 bits per heavy atom. The minimum atomic E-state index is -5.08. The van der Waals surface area contributed by atoms with Crippen LogP contribution in [-0.4, -0.2) is 38.4 Å². The van der Waals surface area contributed by atoms with E-state index in [9.17, 15) is 18.0 Å². The average Bonchev–Trinajstić information content (AvgIpc) is 2.53. The molecule has 140 valence electrons. The standard InChI is InChI=1S/C13H12ClN3O2.C2HF3O2/c1-9-6-11(14)13(15-7-9)10-2-4-17(16-8-10)5-3-12(18)19;3-2(4,5)1(6)7/h2,4,6-8H,3,5H2,1H3;(H,6,7)/p+1. The van der Waals surface area contributed by atoms with E-state index in [0.717, 1.165) is 11.1 Å². The molecule has 0 radical (unpaired) electrons. The lowest BCUT2D eigenvalue weighted by Crippen LogP contribution is -2.38. The van der Waals surface area contributed by atoms with E-state index in [1.165, 1.54) is 0 Å². The number of aryl methyl sites for hydroxylation is 2. The Labute approximate surface area is 150 Å². The second kappa shape index (κ2) is 9.09. The van der Waals surface area contributed by atoms with Gasteiger partial charge in [-0.2, -0.15) is 13.2 Å². The molecule has 0 saturated heterocycles. The first-order valence-corrected chi connectivity index (χ1v) is 7.38. The zero-order valence-electron chi connectivity index (χ0n) is 13.4. The van der Waals surface area contributed by atoms with E-state index in [-0.39, 0.29) is 6.42 Å². The summed E-state index contributed by atoms with van der Waals surface area (Å²) >= 11 is 6.13. The van der Waals surface area contributed by atoms with Crippen molar-refractivity contribution in [1.29, 1.82) is 0 Å². The molecule has 2 N–H and O–H groups in total. The van der Waals surface area contributed by atoms with Gasteiger partial charge in [0.05, 0.1) is 10.7 Å². The number of aliphatic carboxylic acids is 2. The van der Waals surface area contributed by atoms with Crippen LogP contribution in [0.4, 0.5) is 13.2 Å². The van der Waals surface area contributed by atoms with Gasteiger partial charge in [-0.3, -0.25) is 9.78 Å². The first kappa shape index (κ1) is 21.3. The summed E-state index contributed by atoms with van der Waals surface area (Å²) in [7, 11) is 0. The molecular weight excluding hydrogens is 379 g/mol. The number of halogens is 4. The summed E-state index contributed by atoms with van der Waals surface area (Å²) in [4.78, 5) is 23.6. The van der Waals surface area contributed by atoms with E-state index in [0.29, 0.717) is 17.3 Å². The zero-order valence-corrected chi connectivity index (χ0v) is 14.1. The second-order valence-electron chi connectivity index (χ2n) is 4.97. The molecule has 0 fully saturated rings. The summed E-state index contributed by atoms with van der Waals surface area (Å²) in [5.41, 5.74) is 2.47. The molecule has 2 aromatic rings. The van der Waals surface area contributed by atoms with Crippen LogP contribution in [-0.2, 0) is 16.1 Å². The maximum Gasteiger partial charge on any atom is 0.490 e. The van der Waals surface area contributed by atoms with Crippen molar-refractivity contribution in [3.8, 4) is 11.3 Å². The molecule has 0 atom stereocenters. The van der Waals surface area contributed by atoms with E-state index in [1.54, 1.807) is 23.3 Å². The third kappa shape index (κ3) is 7.01. The number of hydrogen-bond acceptors (Lipinski definition) is 4. The first-order chi connectivity index (χ1) is 12.0. The predicted molar refractivity (Wildman–Crippen MR) is 83.4 cm³/mol. The molecule has 2 rings (SSSR count). The molecule has 0 amide bonds. The van der Waals surface area contributed by atoms with Crippen LogP contribution < -0.4 is 4.68 Å². The van der Waals surface area contributed by atoms with Gasteiger partial charge in [-0.15, -0.1) is 0 Å². The Balaban J connectivity index is 0.000000412. The van der Waals surface area contributed by atoms with Crippen LogP contribution in [0.25, 0.3) is 11.3 Å². The minimum absolute atomic E-state index is 0.0422. The number of carboxylic acids is 2. The number of hydrogen-bond donors (Lipinski definition) is 2. The second-order valence-corrected chi connectivity index (χ2v) is 5.38. The number of alkyl halides is 3. The van der Waals surface area contributed by atoms with Crippen LogP contribution in [0, 0.1) is 6.92 Å². The van der Waals surface area contributed by atoms with Crippen LogP contribution in [0.5, 0.6) is 0 Å². The molecule has 0 aromatic carbocycles. The maximum absolute atomic E-state index is 10.6. The summed E-state index contributed by atoms with van der Waals surface area (Å²) in [6.07, 6.45) is 0.0504. The smallest absolute Gasteiger partial charge is 0.481 e. The van der Waals surface area contributed by atoms with E-state index < -0.39 is 18.1 Å². The fourth-order valence-electron chi connectivity index (χ4n) is 1.61. The van der Waals surface area contributed by atoms with Gasteiger partial charge in [-0.25, -0.2) is 4.79 Å². The predicted octanol–water partition coefficient (Wildman–Crippen LogP) is 2.50. The highest BCUT2D eigenvalue weighted by Gasteiger charge is 2.38. The summed E-state index contributed by atoms with van der Waals surface area (Å²) in [5, 5.41) is 20.4. The Morgan fingerprint density at radius 2 is 1.88 bits per heavy atom. The Hall–Kier alpha value is -2.75. The highest BCUT2D eigenvalue weighted by Crippen LogP contribution is 2.24. The summed E-state index contributed by atoms with van der Waals surface area (Å²) < 4.78 is 33.3. The third-order valence-corrected chi connectivity index (χ3v) is 3.11. The number of pyridine rings is 1. The summed E-state index contributed by atoms with van der Waals surface area (Å²) in [6.45, 7) is 2.26. The van der Waals surface area contributed by atoms with E-state index >= 15 is 0 Å². The van der Waals surface area contributed by atoms with Crippen LogP contribution in [0.3, 0.4) is 0 Å². The van der Waals surface area contributed by atoms with Gasteiger partial charge in [0.2, 0.25) is 0 Å². The zero-order chi connectivity index (χ0) is 19.9. The number of nitrogens with zero attached hydrogens (tertiary/aromatic N) is 3. The van der Waals surface area contributed by atoms with Gasteiger partial charge in [-0.05, 0) is 23.7 Å². The monoisotopic (exact) mass is 392 g/mol. The number of aromatic nitrogens is 3. The molecular formula is C15H14ClF3N3O4+. The van der Waals surface area contributed by atoms with Crippen molar-refractivity contribution in [2.24, 2.45) is 0 Å². The van der Waals surface area contributed by atoms with Crippen molar-refractivity contribution >= 4 is 23.5 Å². The average molecular weight is 393 g/mol. The molecule has 0 aliphatic rings. The van der Waals surface area contributed by atoms with E-state index in [4.69, 9.17) is 26.6 Å². The highest BCUT2D eigenvalue weighted by molar-refractivity contribution is 6.33. The molecule has 0 saturated carbocycles. The van der Waals surface area contributed by atoms with Crippen LogP contribution in [0.2, 0.25) is 5.02 Å². The largest absolute Gasteiger partial charge is 0.490 e. The normalized spacial score (nSPS) is 10.7. The molecule has 0 unspecified atom stereocenters. The molecule has 0 bridgehead atoms. The van der Waals surface area contributed by atoms with Gasteiger partial charge < -0.3 is 10.2 Å². The van der Waals surface area contributed by atoms with Crippen molar-refractivity contribution in [2.75, 3.05) is 0 Å². The Kier molecular flexibility index (Phi) is 7.44. The van der Waals surface area contributed by atoms with E-state index in [1.807, 2.05) is 19.1 Å². The fraction of sp³-hybridized carbons (Fsp3) is 0.267. The molecule has 0 aliphatic carbocycles. The van der Waals surface area contributed by atoms with Crippen LogP contribution in [0.1, 0.15) is 12.0 Å². The number of carboxylic acid groups (broad SMARTS) is 2. The maximum atomic E-state index is 10.6. The molecule has 0 spiro atoms. The van der Waals surface area contributed by atoms with Gasteiger partial charge in [-0.1, -0.05) is 16.3 Å². The minimum Gasteiger partial charge on any atom is -0.481 e. The van der Waals surface area contributed by atoms with Crippen molar-refractivity contribution in [3.63, 3.8) is 0 Å². The Morgan fingerprint density at radius 1 is 1.27 bits per heavy atom. The molecule has 7 nitrogen and oxygen atoms in total. The van der Waals surface area contributed by atoms with Gasteiger partial charge in [0.25, 0.3) is 0 Å². The third-order valence-electron chi connectivity index (χ3n) is 2.82. The lowest BCUT2D eigenvalue weighted by atomic mass is 10.2. The lowest BCUT2D eigenvalue weighted by Gasteiger charge is -2.02. The SMILES string of the molecule is Cc1cnc(-c2cc[n+](CCC(=O)O)nc2)c(Cl)c1.O=C(O)C(F)(F)F. The highest BCUT2D eigenvalue weighted by atomic mass is 35.5. The fourth-order valence-corrected chi connectivity index (χ4v) is 1.94. The molecule has 26 heavy (non-hydrogen) atoms. The van der Waals surface area contributed by atoms with Crippen molar-refractivity contribution < 1.29 is 37.7 Å². The summed E-state index contributed by atoms with van der Waals surface area (Å²) in [5.74, 6) is -3.60. The number of rotatable bonds is 4. The molecule has 2 aromatic heterocycles. The van der Waals surface area contributed by atoms with Crippen LogP contribution in [0.15, 0.2) is 30.7 Å². The first-order valence-electron chi connectivity index (χ1n) is 7.01. The Bertz CT molecular complexity index is 783. The van der Waals surface area contributed by atoms with Gasteiger partial charge in [0, 0.05) is 17.8 Å². The van der Waals surface area contributed by atoms with Gasteiger partial charge in [0.15, 0.2) is 12.7 Å². The van der Waals surface area contributed by atoms with Crippen molar-refractivity contribution in [1.82, 2.24) is 10.1 Å². The van der Waals surface area contributed by atoms with Gasteiger partial charge >= 0.3 is 18.1 Å². The molecule has 2 heterocycles. The number of carbonyl (C=O) groups is 2. The van der Waals surface area contributed by atoms with E-state index in [2.05, 4.69) is 10.1 Å². The molecule has 0 aliphatic heterocycles. The van der Waals surface area contributed by atoms with Crippen molar-refractivity contribution in [2.45, 2.75) is 26.1 Å². The topological polar surface area (TPSA) is 104 Å². The quantitative estimate of drug-likeness (QED) is 0.775. The van der Waals surface area contributed by atoms with Crippen molar-refractivity contribution in [3.05, 3.63) is 41.3 Å². The van der Waals surface area contributed by atoms with Gasteiger partial charge in [0.1, 0.15) is 12.6 Å². The van der Waals surface area contributed by atoms with Crippen LogP contribution >= 0.6 is 11.6 Å². The molecule has 11 heteroatoms.